The second-order valence-electron chi connectivity index (χ2n) is 6.03. The van der Waals surface area contributed by atoms with Gasteiger partial charge in [0.05, 0.1) is 11.6 Å². The van der Waals surface area contributed by atoms with Gasteiger partial charge in [-0.3, -0.25) is 4.79 Å². The maximum absolute atomic E-state index is 12.3. The summed E-state index contributed by atoms with van der Waals surface area (Å²) in [7, 11) is 0. The van der Waals surface area contributed by atoms with E-state index in [-0.39, 0.29) is 5.91 Å². The molecule has 25 heavy (non-hydrogen) atoms. The van der Waals surface area contributed by atoms with E-state index < -0.39 is 0 Å². The predicted octanol–water partition coefficient (Wildman–Crippen LogP) is 3.02. The number of carbonyl (C=O) groups is 1. The van der Waals surface area contributed by atoms with Crippen LogP contribution >= 0.6 is 11.6 Å². The fourth-order valence-corrected chi connectivity index (χ4v) is 3.35. The Morgan fingerprint density at radius 1 is 1.04 bits per heavy atom. The van der Waals surface area contributed by atoms with E-state index in [1.807, 2.05) is 24.3 Å². The van der Waals surface area contributed by atoms with Crippen molar-refractivity contribution < 1.29 is 19.0 Å². The molecule has 1 N–H and O–H groups in total. The fourth-order valence-electron chi connectivity index (χ4n) is 3.06. The molecule has 2 aromatic carbocycles. The van der Waals surface area contributed by atoms with Crippen LogP contribution in [-0.4, -0.2) is 32.3 Å². The van der Waals surface area contributed by atoms with Gasteiger partial charge in [-0.25, -0.2) is 0 Å². The predicted molar refractivity (Wildman–Crippen MR) is 94.1 cm³/mol. The molecule has 0 bridgehead atoms. The van der Waals surface area contributed by atoms with Gasteiger partial charge in [-0.15, -0.1) is 0 Å². The van der Waals surface area contributed by atoms with Gasteiger partial charge in [0.25, 0.3) is 5.91 Å². The molecule has 130 valence electrons. The maximum Gasteiger partial charge on any atom is 0.251 e. The SMILES string of the molecule is O=C(NCCc1cc(Cl)c2c(c1)OCCO2)c1ccc2c(c1)CCO2. The van der Waals surface area contributed by atoms with E-state index in [9.17, 15) is 4.79 Å². The molecule has 0 radical (unpaired) electrons. The van der Waals surface area contributed by atoms with Gasteiger partial charge in [0.15, 0.2) is 11.5 Å². The summed E-state index contributed by atoms with van der Waals surface area (Å²) in [5.41, 5.74) is 2.74. The third-order valence-electron chi connectivity index (χ3n) is 4.31. The Balaban J connectivity index is 1.37. The minimum absolute atomic E-state index is 0.0849. The van der Waals surface area contributed by atoms with E-state index in [0.29, 0.717) is 54.9 Å². The highest BCUT2D eigenvalue weighted by atomic mass is 35.5. The number of carbonyl (C=O) groups excluding carboxylic acids is 1. The second kappa shape index (κ2) is 6.84. The van der Waals surface area contributed by atoms with Crippen molar-refractivity contribution in [1.29, 1.82) is 0 Å². The number of fused-ring (bicyclic) bond motifs is 2. The Bertz CT molecular complexity index is 821. The van der Waals surface area contributed by atoms with Crippen LogP contribution in [0.1, 0.15) is 21.5 Å². The highest BCUT2D eigenvalue weighted by Crippen LogP contribution is 2.38. The standard InChI is InChI=1S/C19H18ClNO4/c20-15-9-12(10-17-18(15)25-8-7-24-17)3-5-21-19(22)14-1-2-16-13(11-14)4-6-23-16/h1-2,9-11H,3-8H2,(H,21,22). The van der Waals surface area contributed by atoms with Crippen molar-refractivity contribution in [2.75, 3.05) is 26.4 Å². The third-order valence-corrected chi connectivity index (χ3v) is 4.59. The fraction of sp³-hybridized carbons (Fsp3) is 0.316. The summed E-state index contributed by atoms with van der Waals surface area (Å²) in [5.74, 6) is 2.06. The van der Waals surface area contributed by atoms with Crippen LogP contribution in [0, 0.1) is 0 Å². The number of hydrogen-bond donors (Lipinski definition) is 1. The summed E-state index contributed by atoms with van der Waals surface area (Å²) >= 11 is 6.23. The van der Waals surface area contributed by atoms with Gasteiger partial charge >= 0.3 is 0 Å². The molecule has 0 atom stereocenters. The van der Waals surface area contributed by atoms with Gasteiger partial charge in [0, 0.05) is 18.5 Å². The average Bonchev–Trinajstić information content (AvgIpc) is 3.09. The molecule has 6 heteroatoms. The van der Waals surface area contributed by atoms with Gasteiger partial charge in [-0.2, -0.15) is 0 Å². The van der Waals surface area contributed by atoms with Crippen molar-refractivity contribution in [2.45, 2.75) is 12.8 Å². The van der Waals surface area contributed by atoms with Crippen LogP contribution in [-0.2, 0) is 12.8 Å². The first-order chi connectivity index (χ1) is 12.2. The van der Waals surface area contributed by atoms with E-state index in [0.717, 1.165) is 23.3 Å². The monoisotopic (exact) mass is 359 g/mol. The molecular formula is C19H18ClNO4. The van der Waals surface area contributed by atoms with Crippen LogP contribution in [0.4, 0.5) is 0 Å². The minimum atomic E-state index is -0.0849. The van der Waals surface area contributed by atoms with Gasteiger partial charge in [-0.05, 0) is 47.9 Å². The van der Waals surface area contributed by atoms with E-state index in [4.69, 9.17) is 25.8 Å². The molecule has 2 heterocycles. The normalized spacial score (nSPS) is 14.6. The zero-order valence-corrected chi connectivity index (χ0v) is 14.4. The maximum atomic E-state index is 12.3. The minimum Gasteiger partial charge on any atom is -0.493 e. The van der Waals surface area contributed by atoms with E-state index in [1.54, 1.807) is 6.07 Å². The molecule has 4 rings (SSSR count). The molecule has 0 aliphatic carbocycles. The Labute approximate surface area is 150 Å². The van der Waals surface area contributed by atoms with Gasteiger partial charge in [0.2, 0.25) is 0 Å². The number of ether oxygens (including phenoxy) is 3. The van der Waals surface area contributed by atoms with Crippen molar-refractivity contribution in [3.8, 4) is 17.2 Å². The van der Waals surface area contributed by atoms with Crippen molar-refractivity contribution in [3.63, 3.8) is 0 Å². The molecule has 0 spiro atoms. The van der Waals surface area contributed by atoms with Gasteiger partial charge < -0.3 is 19.5 Å². The van der Waals surface area contributed by atoms with Crippen LogP contribution in [0.5, 0.6) is 17.2 Å². The first kappa shape index (κ1) is 16.1. The van der Waals surface area contributed by atoms with Crippen LogP contribution in [0.3, 0.4) is 0 Å². The number of benzene rings is 2. The lowest BCUT2D eigenvalue weighted by atomic mass is 10.1. The molecule has 0 saturated carbocycles. The Morgan fingerprint density at radius 3 is 2.80 bits per heavy atom. The Hall–Kier alpha value is -2.40. The number of rotatable bonds is 4. The molecule has 0 saturated heterocycles. The molecule has 5 nitrogen and oxygen atoms in total. The highest BCUT2D eigenvalue weighted by Gasteiger charge is 2.17. The highest BCUT2D eigenvalue weighted by molar-refractivity contribution is 6.32. The summed E-state index contributed by atoms with van der Waals surface area (Å²) in [4.78, 5) is 12.3. The summed E-state index contributed by atoms with van der Waals surface area (Å²) in [5, 5.41) is 3.48. The zero-order valence-electron chi connectivity index (χ0n) is 13.6. The Kier molecular flexibility index (Phi) is 4.40. The van der Waals surface area contributed by atoms with Crippen LogP contribution in [0.15, 0.2) is 30.3 Å². The third kappa shape index (κ3) is 3.37. The van der Waals surface area contributed by atoms with Crippen molar-refractivity contribution in [3.05, 3.63) is 52.0 Å². The summed E-state index contributed by atoms with van der Waals surface area (Å²) in [6, 6.07) is 9.32. The van der Waals surface area contributed by atoms with Crippen molar-refractivity contribution >= 4 is 17.5 Å². The van der Waals surface area contributed by atoms with Crippen molar-refractivity contribution in [2.24, 2.45) is 0 Å². The van der Waals surface area contributed by atoms with E-state index in [1.165, 1.54) is 0 Å². The molecule has 2 aliphatic rings. The molecule has 0 unspecified atom stereocenters. The molecule has 0 fully saturated rings. The number of hydrogen-bond acceptors (Lipinski definition) is 4. The van der Waals surface area contributed by atoms with Crippen LogP contribution in [0.2, 0.25) is 5.02 Å². The van der Waals surface area contributed by atoms with Crippen LogP contribution < -0.4 is 19.5 Å². The summed E-state index contributed by atoms with van der Waals surface area (Å²) in [6.45, 7) is 2.23. The molecule has 2 aromatic rings. The van der Waals surface area contributed by atoms with E-state index in [2.05, 4.69) is 5.32 Å². The van der Waals surface area contributed by atoms with E-state index >= 15 is 0 Å². The first-order valence-corrected chi connectivity index (χ1v) is 8.70. The van der Waals surface area contributed by atoms with Gasteiger partial charge in [0.1, 0.15) is 19.0 Å². The number of halogens is 1. The lowest BCUT2D eigenvalue weighted by Gasteiger charge is -2.20. The largest absolute Gasteiger partial charge is 0.493 e. The second-order valence-corrected chi connectivity index (χ2v) is 6.44. The lowest BCUT2D eigenvalue weighted by Crippen LogP contribution is -2.25. The average molecular weight is 360 g/mol. The lowest BCUT2D eigenvalue weighted by molar-refractivity contribution is 0.0954. The summed E-state index contributed by atoms with van der Waals surface area (Å²) in [6.07, 6.45) is 1.52. The first-order valence-electron chi connectivity index (χ1n) is 8.32. The zero-order chi connectivity index (χ0) is 17.2. The van der Waals surface area contributed by atoms with Gasteiger partial charge in [-0.1, -0.05) is 11.6 Å². The number of nitrogens with one attached hydrogen (secondary N) is 1. The smallest absolute Gasteiger partial charge is 0.251 e. The Morgan fingerprint density at radius 2 is 1.88 bits per heavy atom. The summed E-state index contributed by atoms with van der Waals surface area (Å²) < 4.78 is 16.5. The molecule has 2 aliphatic heterocycles. The topological polar surface area (TPSA) is 56.8 Å². The molecular weight excluding hydrogens is 342 g/mol. The molecule has 0 aromatic heterocycles. The quantitative estimate of drug-likeness (QED) is 0.911. The molecule has 1 amide bonds. The van der Waals surface area contributed by atoms with Crippen molar-refractivity contribution in [1.82, 2.24) is 5.32 Å². The van der Waals surface area contributed by atoms with Crippen LogP contribution in [0.25, 0.3) is 0 Å². The number of amides is 1.